The van der Waals surface area contributed by atoms with Crippen LogP contribution < -0.4 is 5.32 Å². The molecule has 0 bridgehead atoms. The van der Waals surface area contributed by atoms with Gasteiger partial charge in [-0.15, -0.1) is 0 Å². The maximum atomic E-state index is 13.6. The van der Waals surface area contributed by atoms with Crippen molar-refractivity contribution in [1.82, 2.24) is 5.32 Å². The summed E-state index contributed by atoms with van der Waals surface area (Å²) in [5.41, 5.74) is 0.375. The van der Waals surface area contributed by atoms with Crippen LogP contribution in [0.2, 0.25) is 0 Å². The molecule has 0 fully saturated rings. The van der Waals surface area contributed by atoms with Crippen molar-refractivity contribution >= 4 is 0 Å². The molecule has 0 amide bonds. The van der Waals surface area contributed by atoms with Crippen LogP contribution in [-0.2, 0) is 6.42 Å². The highest BCUT2D eigenvalue weighted by molar-refractivity contribution is 5.20. The maximum absolute atomic E-state index is 13.6. The Morgan fingerprint density at radius 2 is 1.94 bits per heavy atom. The van der Waals surface area contributed by atoms with E-state index in [4.69, 9.17) is 0 Å². The molecule has 0 heterocycles. The summed E-state index contributed by atoms with van der Waals surface area (Å²) in [5, 5.41) is 3.13. The minimum Gasteiger partial charge on any atom is -0.319 e. The van der Waals surface area contributed by atoms with Gasteiger partial charge in [0.1, 0.15) is 0 Å². The fourth-order valence-corrected chi connectivity index (χ4v) is 1.99. The SMILES string of the molecule is CNCC(C)(Cc1cccc(F)c1F)C(C)C. The number of nitrogens with one attached hydrogen (secondary N) is 1. The molecule has 0 aliphatic heterocycles. The van der Waals surface area contributed by atoms with E-state index in [9.17, 15) is 8.78 Å². The lowest BCUT2D eigenvalue weighted by Crippen LogP contribution is -2.36. The Morgan fingerprint density at radius 1 is 1.29 bits per heavy atom. The van der Waals surface area contributed by atoms with E-state index >= 15 is 0 Å². The van der Waals surface area contributed by atoms with Crippen LogP contribution in [0.4, 0.5) is 8.78 Å². The van der Waals surface area contributed by atoms with Crippen molar-refractivity contribution in [3.8, 4) is 0 Å². The summed E-state index contributed by atoms with van der Waals surface area (Å²) < 4.78 is 26.8. The van der Waals surface area contributed by atoms with Gasteiger partial charge in [-0.2, -0.15) is 0 Å². The van der Waals surface area contributed by atoms with E-state index in [1.165, 1.54) is 0 Å². The molecule has 0 aromatic heterocycles. The van der Waals surface area contributed by atoms with Gasteiger partial charge in [-0.25, -0.2) is 8.78 Å². The Balaban J connectivity index is 2.98. The quantitative estimate of drug-likeness (QED) is 0.833. The van der Waals surface area contributed by atoms with Crippen LogP contribution in [0.3, 0.4) is 0 Å². The highest BCUT2D eigenvalue weighted by atomic mass is 19.2. The lowest BCUT2D eigenvalue weighted by Gasteiger charge is -2.34. The van der Waals surface area contributed by atoms with E-state index in [-0.39, 0.29) is 5.41 Å². The molecule has 3 heteroatoms. The van der Waals surface area contributed by atoms with Crippen LogP contribution in [-0.4, -0.2) is 13.6 Å². The molecular formula is C14H21F2N. The van der Waals surface area contributed by atoms with Gasteiger partial charge in [0.05, 0.1) is 0 Å². The minimum atomic E-state index is -0.766. The van der Waals surface area contributed by atoms with Gasteiger partial charge in [-0.1, -0.05) is 32.9 Å². The summed E-state index contributed by atoms with van der Waals surface area (Å²) in [6, 6.07) is 4.38. The molecule has 1 aromatic carbocycles. The standard InChI is InChI=1S/C14H21F2N/c1-10(2)14(3,9-17-4)8-11-6-5-7-12(15)13(11)16/h5-7,10,17H,8-9H2,1-4H3. The van der Waals surface area contributed by atoms with Gasteiger partial charge in [0.25, 0.3) is 0 Å². The van der Waals surface area contributed by atoms with E-state index in [0.29, 0.717) is 17.9 Å². The zero-order chi connectivity index (χ0) is 13.1. The largest absolute Gasteiger partial charge is 0.319 e. The third-order valence-electron chi connectivity index (χ3n) is 3.60. The first-order chi connectivity index (χ1) is 7.90. The van der Waals surface area contributed by atoms with Crippen LogP contribution in [0.25, 0.3) is 0 Å². The minimum absolute atomic E-state index is 0.0800. The van der Waals surface area contributed by atoms with E-state index in [0.717, 1.165) is 12.6 Å². The third kappa shape index (κ3) is 3.25. The Hall–Kier alpha value is -0.960. The normalized spacial score (nSPS) is 15.0. The van der Waals surface area contributed by atoms with E-state index in [1.54, 1.807) is 12.1 Å². The third-order valence-corrected chi connectivity index (χ3v) is 3.60. The molecule has 0 aliphatic carbocycles. The number of hydrogen-bond acceptors (Lipinski definition) is 1. The van der Waals surface area contributed by atoms with Gasteiger partial charge in [0, 0.05) is 6.54 Å². The van der Waals surface area contributed by atoms with E-state index in [1.807, 2.05) is 7.05 Å². The molecule has 0 saturated carbocycles. The smallest absolute Gasteiger partial charge is 0.162 e. The monoisotopic (exact) mass is 241 g/mol. The molecule has 17 heavy (non-hydrogen) atoms. The topological polar surface area (TPSA) is 12.0 Å². The Morgan fingerprint density at radius 3 is 2.47 bits per heavy atom. The van der Waals surface area contributed by atoms with E-state index in [2.05, 4.69) is 26.1 Å². The van der Waals surface area contributed by atoms with Gasteiger partial charge in [-0.05, 0) is 36.4 Å². The second-order valence-electron chi connectivity index (χ2n) is 5.23. The first-order valence-electron chi connectivity index (χ1n) is 5.98. The number of halogens is 2. The van der Waals surface area contributed by atoms with Crippen molar-refractivity contribution in [3.05, 3.63) is 35.4 Å². The summed E-state index contributed by atoms with van der Waals surface area (Å²) in [4.78, 5) is 0. The second-order valence-corrected chi connectivity index (χ2v) is 5.23. The summed E-state index contributed by atoms with van der Waals surface area (Å²) in [7, 11) is 1.88. The zero-order valence-electron chi connectivity index (χ0n) is 11.0. The summed E-state index contributed by atoms with van der Waals surface area (Å²) >= 11 is 0. The van der Waals surface area contributed by atoms with Crippen molar-refractivity contribution in [1.29, 1.82) is 0 Å². The molecule has 1 N–H and O–H groups in total. The molecule has 1 atom stereocenters. The van der Waals surface area contributed by atoms with Crippen molar-refractivity contribution in [2.75, 3.05) is 13.6 Å². The van der Waals surface area contributed by atoms with Crippen molar-refractivity contribution in [2.24, 2.45) is 11.3 Å². The molecule has 0 radical (unpaired) electrons. The Bertz CT molecular complexity index is 376. The number of rotatable bonds is 5. The van der Waals surface area contributed by atoms with Crippen LogP contribution in [0.15, 0.2) is 18.2 Å². The molecular weight excluding hydrogens is 220 g/mol. The number of hydrogen-bond donors (Lipinski definition) is 1. The van der Waals surface area contributed by atoms with Gasteiger partial charge in [-0.3, -0.25) is 0 Å². The lowest BCUT2D eigenvalue weighted by atomic mass is 9.74. The van der Waals surface area contributed by atoms with Crippen molar-refractivity contribution < 1.29 is 8.78 Å². The van der Waals surface area contributed by atoms with Crippen LogP contribution in [0, 0.1) is 23.0 Å². The van der Waals surface area contributed by atoms with Gasteiger partial charge < -0.3 is 5.32 Å². The Labute approximate surface area is 102 Å². The predicted molar refractivity (Wildman–Crippen MR) is 66.9 cm³/mol. The predicted octanol–water partition coefficient (Wildman–Crippen LogP) is 3.39. The molecule has 0 saturated heterocycles. The highest BCUT2D eigenvalue weighted by Crippen LogP contribution is 2.31. The van der Waals surface area contributed by atoms with Gasteiger partial charge >= 0.3 is 0 Å². The lowest BCUT2D eigenvalue weighted by molar-refractivity contribution is 0.209. The molecule has 1 nitrogen and oxygen atoms in total. The fraction of sp³-hybridized carbons (Fsp3) is 0.571. The van der Waals surface area contributed by atoms with E-state index < -0.39 is 11.6 Å². The van der Waals surface area contributed by atoms with Crippen LogP contribution in [0.1, 0.15) is 26.3 Å². The summed E-state index contributed by atoms with van der Waals surface area (Å²) in [5.74, 6) is -1.09. The average Bonchev–Trinajstić information content (AvgIpc) is 2.25. The number of benzene rings is 1. The first kappa shape index (κ1) is 14.1. The first-order valence-corrected chi connectivity index (χ1v) is 5.98. The maximum Gasteiger partial charge on any atom is 0.162 e. The van der Waals surface area contributed by atoms with Gasteiger partial charge in [0.2, 0.25) is 0 Å². The highest BCUT2D eigenvalue weighted by Gasteiger charge is 2.29. The zero-order valence-corrected chi connectivity index (χ0v) is 11.0. The second kappa shape index (κ2) is 5.58. The summed E-state index contributed by atoms with van der Waals surface area (Å²) in [6.45, 7) is 7.09. The molecule has 0 aliphatic rings. The molecule has 96 valence electrons. The van der Waals surface area contributed by atoms with Crippen LogP contribution in [0.5, 0.6) is 0 Å². The van der Waals surface area contributed by atoms with Crippen molar-refractivity contribution in [2.45, 2.75) is 27.2 Å². The molecule has 1 rings (SSSR count). The van der Waals surface area contributed by atoms with Crippen LogP contribution >= 0.6 is 0 Å². The molecule has 1 unspecified atom stereocenters. The average molecular weight is 241 g/mol. The fourth-order valence-electron chi connectivity index (χ4n) is 1.99. The Kier molecular flexibility index (Phi) is 4.63. The van der Waals surface area contributed by atoms with Gasteiger partial charge in [0.15, 0.2) is 11.6 Å². The molecule has 1 aromatic rings. The van der Waals surface area contributed by atoms with Crippen molar-refractivity contribution in [3.63, 3.8) is 0 Å². The molecule has 0 spiro atoms. The summed E-state index contributed by atoms with van der Waals surface area (Å²) in [6.07, 6.45) is 0.537.